The minimum atomic E-state index is -1.33. The van der Waals surface area contributed by atoms with E-state index in [9.17, 15) is 34.2 Å². The van der Waals surface area contributed by atoms with Crippen LogP contribution in [0.2, 0.25) is 0 Å². The molecule has 0 radical (unpaired) electrons. The highest BCUT2D eigenvalue weighted by molar-refractivity contribution is 5.94. The quantitative estimate of drug-likeness (QED) is 0.116. The summed E-state index contributed by atoms with van der Waals surface area (Å²) in [6.45, 7) is 3.70. The summed E-state index contributed by atoms with van der Waals surface area (Å²) < 4.78 is 0. The highest BCUT2D eigenvalue weighted by atomic mass is 16.4. The number of carbonyl (C=O) groups is 5. The fraction of sp³-hybridized carbons (Fsp3) is 0.387. The third kappa shape index (κ3) is 9.83. The number of H-pyrrole nitrogens is 1. The number of primary amides is 1. The summed E-state index contributed by atoms with van der Waals surface area (Å²) in [5.74, 6) is -4.06. The highest BCUT2D eigenvalue weighted by Crippen LogP contribution is 2.19. The predicted molar refractivity (Wildman–Crippen MR) is 163 cm³/mol. The van der Waals surface area contributed by atoms with Gasteiger partial charge in [-0.1, -0.05) is 44.2 Å². The topological polar surface area (TPSA) is 230 Å². The van der Waals surface area contributed by atoms with E-state index in [1.165, 1.54) is 12.1 Å². The molecular formula is C31H40N6O7. The molecule has 0 aliphatic heterocycles. The van der Waals surface area contributed by atoms with Crippen LogP contribution >= 0.6 is 0 Å². The lowest BCUT2D eigenvalue weighted by atomic mass is 10.00. The number of aliphatic carboxylic acids is 1. The lowest BCUT2D eigenvalue weighted by Gasteiger charge is -2.26. The third-order valence-corrected chi connectivity index (χ3v) is 7.09. The fourth-order valence-electron chi connectivity index (χ4n) is 4.78. The molecule has 0 aliphatic carbocycles. The Morgan fingerprint density at radius 3 is 2.09 bits per heavy atom. The number of amides is 4. The summed E-state index contributed by atoms with van der Waals surface area (Å²) in [4.78, 5) is 66.4. The number of rotatable bonds is 16. The monoisotopic (exact) mass is 608 g/mol. The SMILES string of the molecule is CC(C)CC(NC(=O)C(N)Cc1ccc(O)cc1)C(=O)NC(CCC(N)=O)C(=O)NC(Cc1c[nH]c2ccccc12)C(=O)O. The van der Waals surface area contributed by atoms with Crippen LogP contribution in [0.1, 0.15) is 44.2 Å². The number of nitrogens with two attached hydrogens (primary N) is 2. The van der Waals surface area contributed by atoms with E-state index in [1.54, 1.807) is 18.3 Å². The molecule has 44 heavy (non-hydrogen) atoms. The van der Waals surface area contributed by atoms with Crippen LogP contribution in [-0.2, 0) is 36.8 Å². The van der Waals surface area contributed by atoms with Crippen molar-refractivity contribution < 1.29 is 34.2 Å². The molecule has 3 rings (SSSR count). The number of phenolic OH excluding ortho intramolecular Hbond substituents is 1. The Bertz CT molecular complexity index is 1470. The molecule has 4 amide bonds. The summed E-state index contributed by atoms with van der Waals surface area (Å²) in [6.07, 6.45) is 1.56. The van der Waals surface area contributed by atoms with Gasteiger partial charge >= 0.3 is 5.97 Å². The number of aromatic amines is 1. The van der Waals surface area contributed by atoms with E-state index in [0.717, 1.165) is 10.9 Å². The molecule has 0 aliphatic rings. The van der Waals surface area contributed by atoms with Gasteiger partial charge in [-0.25, -0.2) is 4.79 Å². The normalized spacial score (nSPS) is 13.9. The Hall–Kier alpha value is -4.91. The number of fused-ring (bicyclic) bond motifs is 1. The van der Waals surface area contributed by atoms with Crippen molar-refractivity contribution in [2.75, 3.05) is 0 Å². The van der Waals surface area contributed by atoms with Crippen molar-refractivity contribution in [2.24, 2.45) is 17.4 Å². The van der Waals surface area contributed by atoms with Gasteiger partial charge in [0.2, 0.25) is 23.6 Å². The number of carboxylic acids is 1. The van der Waals surface area contributed by atoms with Crippen LogP contribution in [0.25, 0.3) is 10.9 Å². The average Bonchev–Trinajstić information content (AvgIpc) is 3.37. The van der Waals surface area contributed by atoms with Gasteiger partial charge in [0, 0.05) is 29.9 Å². The van der Waals surface area contributed by atoms with Gasteiger partial charge in [-0.15, -0.1) is 0 Å². The van der Waals surface area contributed by atoms with Crippen LogP contribution in [0, 0.1) is 5.92 Å². The van der Waals surface area contributed by atoms with E-state index in [0.29, 0.717) is 11.1 Å². The van der Waals surface area contributed by atoms with E-state index in [1.807, 2.05) is 38.1 Å². The molecule has 0 saturated heterocycles. The van der Waals surface area contributed by atoms with Gasteiger partial charge in [0.15, 0.2) is 0 Å². The molecule has 236 valence electrons. The van der Waals surface area contributed by atoms with Crippen LogP contribution in [0.3, 0.4) is 0 Å². The Kier molecular flexibility index (Phi) is 11.9. The molecule has 13 nitrogen and oxygen atoms in total. The van der Waals surface area contributed by atoms with Crippen LogP contribution in [-0.4, -0.2) is 69.0 Å². The molecule has 0 saturated carbocycles. The standard InChI is InChI=1S/C31H40N6O7/c1-17(2)13-25(36-28(40)22(32)14-18-7-9-20(38)10-8-18)30(42)35-24(11-12-27(33)39)29(41)37-26(31(43)44)15-19-16-34-23-6-4-3-5-21(19)23/h3-10,16-17,22,24-26,34,38H,11-15,32H2,1-2H3,(H2,33,39)(H,35,42)(H,36,40)(H,37,41)(H,43,44). The number of nitrogens with one attached hydrogen (secondary N) is 4. The molecule has 3 aromatic rings. The molecule has 1 heterocycles. The first kappa shape index (κ1) is 33.6. The van der Waals surface area contributed by atoms with Gasteiger partial charge in [0.25, 0.3) is 0 Å². The number of carboxylic acid groups (broad SMARTS) is 1. The first-order valence-electron chi connectivity index (χ1n) is 14.3. The summed E-state index contributed by atoms with van der Waals surface area (Å²) in [5, 5.41) is 27.8. The summed E-state index contributed by atoms with van der Waals surface area (Å²) in [7, 11) is 0. The Morgan fingerprint density at radius 1 is 0.841 bits per heavy atom. The number of hydrogen-bond donors (Lipinski definition) is 8. The molecular weight excluding hydrogens is 568 g/mol. The van der Waals surface area contributed by atoms with Gasteiger partial charge in [0.05, 0.1) is 6.04 Å². The van der Waals surface area contributed by atoms with Crippen molar-refractivity contribution in [1.29, 1.82) is 0 Å². The van der Waals surface area contributed by atoms with Crippen LogP contribution < -0.4 is 27.4 Å². The molecule has 13 heteroatoms. The van der Waals surface area contributed by atoms with Crippen LogP contribution in [0.4, 0.5) is 0 Å². The van der Waals surface area contributed by atoms with Gasteiger partial charge in [-0.3, -0.25) is 19.2 Å². The molecule has 2 aromatic carbocycles. The van der Waals surface area contributed by atoms with Gasteiger partial charge in [-0.2, -0.15) is 0 Å². The molecule has 4 atom stereocenters. The Morgan fingerprint density at radius 2 is 1.45 bits per heavy atom. The maximum Gasteiger partial charge on any atom is 0.326 e. The second-order valence-corrected chi connectivity index (χ2v) is 11.2. The van der Waals surface area contributed by atoms with Crippen molar-refractivity contribution in [2.45, 2.75) is 70.1 Å². The smallest absolute Gasteiger partial charge is 0.326 e. The van der Waals surface area contributed by atoms with Crippen LogP contribution in [0.15, 0.2) is 54.7 Å². The minimum Gasteiger partial charge on any atom is -0.508 e. The van der Waals surface area contributed by atoms with E-state index >= 15 is 0 Å². The van der Waals surface area contributed by atoms with E-state index in [2.05, 4.69) is 20.9 Å². The van der Waals surface area contributed by atoms with Gasteiger partial charge in [-0.05, 0) is 54.5 Å². The number of phenols is 1. The summed E-state index contributed by atoms with van der Waals surface area (Å²) >= 11 is 0. The number of hydrogen-bond acceptors (Lipinski definition) is 7. The summed E-state index contributed by atoms with van der Waals surface area (Å²) in [5.41, 5.74) is 13.6. The second kappa shape index (κ2) is 15.5. The lowest BCUT2D eigenvalue weighted by molar-refractivity contribution is -0.142. The zero-order valence-corrected chi connectivity index (χ0v) is 24.7. The molecule has 10 N–H and O–H groups in total. The first-order chi connectivity index (χ1) is 20.8. The molecule has 0 bridgehead atoms. The zero-order chi connectivity index (χ0) is 32.4. The zero-order valence-electron chi connectivity index (χ0n) is 24.7. The predicted octanol–water partition coefficient (Wildman–Crippen LogP) is 0.837. The fourth-order valence-corrected chi connectivity index (χ4v) is 4.78. The number of para-hydroxylation sites is 1. The van der Waals surface area contributed by atoms with Crippen molar-refractivity contribution in [3.8, 4) is 5.75 Å². The number of carbonyl (C=O) groups excluding carboxylic acids is 4. The van der Waals surface area contributed by atoms with E-state index in [-0.39, 0.29) is 43.8 Å². The third-order valence-electron chi connectivity index (χ3n) is 7.09. The maximum atomic E-state index is 13.4. The van der Waals surface area contributed by atoms with Gasteiger partial charge in [0.1, 0.15) is 23.9 Å². The highest BCUT2D eigenvalue weighted by Gasteiger charge is 2.31. The van der Waals surface area contributed by atoms with E-state index < -0.39 is 53.8 Å². The summed E-state index contributed by atoms with van der Waals surface area (Å²) in [6, 6.07) is 8.82. The van der Waals surface area contributed by atoms with Crippen molar-refractivity contribution >= 4 is 40.5 Å². The van der Waals surface area contributed by atoms with Gasteiger partial charge < -0.3 is 42.6 Å². The number of aromatic nitrogens is 1. The Balaban J connectivity index is 1.72. The second-order valence-electron chi connectivity index (χ2n) is 11.2. The lowest BCUT2D eigenvalue weighted by Crippen LogP contribution is -2.57. The minimum absolute atomic E-state index is 0.0352. The largest absolute Gasteiger partial charge is 0.508 e. The van der Waals surface area contributed by atoms with Crippen molar-refractivity contribution in [3.63, 3.8) is 0 Å². The first-order valence-corrected chi connectivity index (χ1v) is 14.3. The molecule has 1 aromatic heterocycles. The Labute approximate surface area is 254 Å². The number of aromatic hydroxyl groups is 1. The van der Waals surface area contributed by atoms with Crippen molar-refractivity contribution in [3.05, 3.63) is 65.9 Å². The molecule has 0 fully saturated rings. The maximum absolute atomic E-state index is 13.4. The van der Waals surface area contributed by atoms with Crippen LogP contribution in [0.5, 0.6) is 5.75 Å². The molecule has 0 spiro atoms. The van der Waals surface area contributed by atoms with E-state index in [4.69, 9.17) is 11.5 Å². The average molecular weight is 609 g/mol. The number of benzene rings is 2. The molecule has 4 unspecified atom stereocenters. The van der Waals surface area contributed by atoms with Crippen molar-refractivity contribution in [1.82, 2.24) is 20.9 Å².